The summed E-state index contributed by atoms with van der Waals surface area (Å²) < 4.78 is 19.3. The van der Waals surface area contributed by atoms with Gasteiger partial charge in [0.1, 0.15) is 12.2 Å². The predicted octanol–water partition coefficient (Wildman–Crippen LogP) is 3.24. The predicted molar refractivity (Wildman–Crippen MR) is 147 cm³/mol. The molecule has 1 fully saturated rings. The molecule has 8 N–H and O–H groups in total. The molecule has 0 saturated carbocycles. The van der Waals surface area contributed by atoms with Crippen LogP contribution in [0.15, 0.2) is 0 Å². The average Bonchev–Trinajstić information content (AvgIpc) is 3.22. The molecule has 1 aliphatic rings. The third-order valence-corrected chi connectivity index (χ3v) is 7.29. The standard InChI is InChI=1S/C28H59N3O5/c29-17-11-5-3-1-2-4-10-16-25-27(34-20-14-8-6-12-18-30)28(26(36-25)24(22-32)23-33)35-21-15-9-7-13-19-31/h24-28,32-33H,1-23,29-31H2. The maximum Gasteiger partial charge on any atom is 0.113 e. The molecule has 0 radical (unpaired) electrons. The van der Waals surface area contributed by atoms with E-state index >= 15 is 0 Å². The molecule has 1 saturated heterocycles. The minimum Gasteiger partial charge on any atom is -0.396 e. The summed E-state index contributed by atoms with van der Waals surface area (Å²) in [6.45, 7) is 3.29. The lowest BCUT2D eigenvalue weighted by atomic mass is 9.95. The van der Waals surface area contributed by atoms with Gasteiger partial charge in [-0.15, -0.1) is 0 Å². The molecule has 1 heterocycles. The molecular weight excluding hydrogens is 458 g/mol. The van der Waals surface area contributed by atoms with E-state index in [-0.39, 0.29) is 43.5 Å². The van der Waals surface area contributed by atoms with Gasteiger partial charge in [-0.2, -0.15) is 0 Å². The maximum atomic E-state index is 9.91. The zero-order valence-corrected chi connectivity index (χ0v) is 23.0. The van der Waals surface area contributed by atoms with Crippen LogP contribution in [-0.2, 0) is 14.2 Å². The number of hydrogen-bond donors (Lipinski definition) is 5. The highest BCUT2D eigenvalue weighted by Gasteiger charge is 2.48. The lowest BCUT2D eigenvalue weighted by Gasteiger charge is -2.27. The Morgan fingerprint density at radius 1 is 0.556 bits per heavy atom. The molecular formula is C28H59N3O5. The van der Waals surface area contributed by atoms with Gasteiger partial charge in [-0.05, 0) is 58.2 Å². The molecule has 8 heteroatoms. The summed E-state index contributed by atoms with van der Waals surface area (Å²) in [5, 5.41) is 19.8. The molecule has 4 atom stereocenters. The largest absolute Gasteiger partial charge is 0.396 e. The van der Waals surface area contributed by atoms with Crippen molar-refractivity contribution in [3.8, 4) is 0 Å². The Labute approximate surface area is 221 Å². The highest BCUT2D eigenvalue weighted by molar-refractivity contribution is 4.96. The summed E-state index contributed by atoms with van der Waals surface area (Å²) in [7, 11) is 0. The van der Waals surface area contributed by atoms with Crippen molar-refractivity contribution in [2.24, 2.45) is 23.1 Å². The Morgan fingerprint density at radius 2 is 0.972 bits per heavy atom. The van der Waals surface area contributed by atoms with Crippen LogP contribution in [0.3, 0.4) is 0 Å². The second-order valence-corrected chi connectivity index (χ2v) is 10.4. The molecule has 0 aromatic carbocycles. The minimum absolute atomic E-state index is 0.0703. The molecule has 1 aliphatic heterocycles. The quantitative estimate of drug-likeness (QED) is 0.110. The third-order valence-electron chi connectivity index (χ3n) is 7.29. The zero-order chi connectivity index (χ0) is 26.3. The van der Waals surface area contributed by atoms with Crippen molar-refractivity contribution < 1.29 is 24.4 Å². The monoisotopic (exact) mass is 517 g/mol. The second-order valence-electron chi connectivity index (χ2n) is 10.4. The van der Waals surface area contributed by atoms with Crippen LogP contribution in [0.5, 0.6) is 0 Å². The number of unbranched alkanes of at least 4 members (excludes halogenated alkanes) is 12. The van der Waals surface area contributed by atoms with Crippen LogP contribution in [-0.4, -0.2) is 80.7 Å². The van der Waals surface area contributed by atoms with E-state index in [2.05, 4.69) is 0 Å². The number of nitrogens with two attached hydrogens (primary N) is 3. The van der Waals surface area contributed by atoms with Crippen LogP contribution < -0.4 is 17.2 Å². The molecule has 216 valence electrons. The first-order valence-electron chi connectivity index (χ1n) is 14.9. The summed E-state index contributed by atoms with van der Waals surface area (Å²) in [5.41, 5.74) is 16.8. The molecule has 0 aliphatic carbocycles. The fraction of sp³-hybridized carbons (Fsp3) is 1.00. The summed E-state index contributed by atoms with van der Waals surface area (Å²) in [4.78, 5) is 0. The Kier molecular flexibility index (Phi) is 22.3. The SMILES string of the molecule is NCCCCCCCCCC1OC(C(CO)CO)C(OCCCCCCN)C1OCCCCCCN. The van der Waals surface area contributed by atoms with E-state index in [9.17, 15) is 10.2 Å². The first kappa shape index (κ1) is 33.7. The Morgan fingerprint density at radius 3 is 1.44 bits per heavy atom. The third kappa shape index (κ3) is 14.6. The minimum atomic E-state index is -0.365. The van der Waals surface area contributed by atoms with E-state index in [0.717, 1.165) is 90.3 Å². The van der Waals surface area contributed by atoms with Gasteiger partial charge in [0.15, 0.2) is 0 Å². The van der Waals surface area contributed by atoms with Crippen molar-refractivity contribution in [2.45, 2.75) is 127 Å². The van der Waals surface area contributed by atoms with Crippen LogP contribution in [0.25, 0.3) is 0 Å². The molecule has 0 spiro atoms. The van der Waals surface area contributed by atoms with Crippen molar-refractivity contribution >= 4 is 0 Å². The van der Waals surface area contributed by atoms with Gasteiger partial charge in [0.25, 0.3) is 0 Å². The van der Waals surface area contributed by atoms with Gasteiger partial charge < -0.3 is 41.6 Å². The zero-order valence-electron chi connectivity index (χ0n) is 23.0. The summed E-state index contributed by atoms with van der Waals surface area (Å²) in [5.74, 6) is -0.365. The molecule has 0 aromatic heterocycles. The van der Waals surface area contributed by atoms with E-state index < -0.39 is 0 Å². The van der Waals surface area contributed by atoms with Gasteiger partial charge in [-0.3, -0.25) is 0 Å². The molecule has 36 heavy (non-hydrogen) atoms. The van der Waals surface area contributed by atoms with Crippen molar-refractivity contribution in [3.05, 3.63) is 0 Å². The molecule has 0 amide bonds. The highest BCUT2D eigenvalue weighted by Crippen LogP contribution is 2.34. The van der Waals surface area contributed by atoms with Crippen molar-refractivity contribution in [3.63, 3.8) is 0 Å². The number of aliphatic hydroxyl groups is 2. The van der Waals surface area contributed by atoms with E-state index in [4.69, 9.17) is 31.4 Å². The van der Waals surface area contributed by atoms with E-state index in [1.165, 1.54) is 32.1 Å². The van der Waals surface area contributed by atoms with Gasteiger partial charge in [0.05, 0.1) is 25.4 Å². The van der Waals surface area contributed by atoms with Crippen LogP contribution in [0.4, 0.5) is 0 Å². The molecule has 0 bridgehead atoms. The summed E-state index contributed by atoms with van der Waals surface area (Å²) in [6, 6.07) is 0. The van der Waals surface area contributed by atoms with Gasteiger partial charge in [0, 0.05) is 19.1 Å². The van der Waals surface area contributed by atoms with Crippen molar-refractivity contribution in [2.75, 3.05) is 46.1 Å². The van der Waals surface area contributed by atoms with Gasteiger partial charge in [-0.25, -0.2) is 0 Å². The smallest absolute Gasteiger partial charge is 0.113 e. The van der Waals surface area contributed by atoms with Crippen molar-refractivity contribution in [1.82, 2.24) is 0 Å². The van der Waals surface area contributed by atoms with Crippen molar-refractivity contribution in [1.29, 1.82) is 0 Å². The van der Waals surface area contributed by atoms with E-state index in [1.807, 2.05) is 0 Å². The van der Waals surface area contributed by atoms with Gasteiger partial charge in [-0.1, -0.05) is 64.2 Å². The topological polar surface area (TPSA) is 146 Å². The van der Waals surface area contributed by atoms with E-state index in [0.29, 0.717) is 13.2 Å². The number of hydrogen-bond acceptors (Lipinski definition) is 8. The highest BCUT2D eigenvalue weighted by atomic mass is 16.6. The first-order valence-corrected chi connectivity index (χ1v) is 14.9. The van der Waals surface area contributed by atoms with Gasteiger partial charge in [0.2, 0.25) is 0 Å². The molecule has 1 rings (SSSR count). The Bertz CT molecular complexity index is 470. The average molecular weight is 518 g/mol. The van der Waals surface area contributed by atoms with Crippen LogP contribution in [0, 0.1) is 5.92 Å². The molecule has 4 unspecified atom stereocenters. The van der Waals surface area contributed by atoms with Crippen LogP contribution in [0.1, 0.15) is 103 Å². The van der Waals surface area contributed by atoms with E-state index in [1.54, 1.807) is 0 Å². The number of rotatable bonds is 26. The fourth-order valence-electron chi connectivity index (χ4n) is 5.04. The summed E-state index contributed by atoms with van der Waals surface area (Å²) in [6.07, 6.45) is 16.9. The first-order chi connectivity index (χ1) is 17.7. The van der Waals surface area contributed by atoms with Crippen LogP contribution in [0.2, 0.25) is 0 Å². The normalized spacial score (nSPS) is 22.2. The molecule has 0 aromatic rings. The number of ether oxygens (including phenoxy) is 3. The molecule has 8 nitrogen and oxygen atoms in total. The van der Waals surface area contributed by atoms with Gasteiger partial charge >= 0.3 is 0 Å². The van der Waals surface area contributed by atoms with Crippen LogP contribution >= 0.6 is 0 Å². The second kappa shape index (κ2) is 23.8. The lowest BCUT2D eigenvalue weighted by Crippen LogP contribution is -2.42. The fourth-order valence-corrected chi connectivity index (χ4v) is 5.04. The number of aliphatic hydroxyl groups excluding tert-OH is 2. The lowest BCUT2D eigenvalue weighted by molar-refractivity contribution is -0.0860. The summed E-state index contributed by atoms with van der Waals surface area (Å²) >= 11 is 0. The Balaban J connectivity index is 2.67. The maximum absolute atomic E-state index is 9.91. The Hall–Kier alpha value is -0.320.